The van der Waals surface area contributed by atoms with Gasteiger partial charge in [0, 0.05) is 38.3 Å². The molecule has 3 rings (SSSR count). The number of aromatic nitrogens is 1. The molecule has 0 saturated carbocycles. The number of carbonyl (C=O) groups excluding carboxylic acids is 2. The Kier molecular flexibility index (Phi) is 7.68. The summed E-state index contributed by atoms with van der Waals surface area (Å²) in [5.41, 5.74) is 2.93. The fraction of sp³-hybridized carbons (Fsp3) is 0.522. The summed E-state index contributed by atoms with van der Waals surface area (Å²) >= 11 is 0. The minimum absolute atomic E-state index is 0.0443. The predicted octanol–water partition coefficient (Wildman–Crippen LogP) is 2.89. The van der Waals surface area contributed by atoms with E-state index in [1.165, 1.54) is 0 Å². The van der Waals surface area contributed by atoms with Crippen molar-refractivity contribution in [3.63, 3.8) is 0 Å². The molecule has 1 atom stereocenters. The average Bonchev–Trinajstić information content (AvgIpc) is 3.08. The number of nitrogens with one attached hydrogen (secondary N) is 1. The fourth-order valence-electron chi connectivity index (χ4n) is 3.68. The van der Waals surface area contributed by atoms with E-state index in [0.29, 0.717) is 13.1 Å². The van der Waals surface area contributed by atoms with E-state index in [9.17, 15) is 9.59 Å². The number of amides is 2. The van der Waals surface area contributed by atoms with E-state index in [1.54, 1.807) is 0 Å². The maximum atomic E-state index is 13.1. The normalized spacial score (nSPS) is 15.7. The number of hydrogen-bond donors (Lipinski definition) is 1. The lowest BCUT2D eigenvalue weighted by molar-refractivity contribution is -0.136. The van der Waals surface area contributed by atoms with E-state index in [0.717, 1.165) is 42.2 Å². The van der Waals surface area contributed by atoms with Crippen LogP contribution in [0.5, 0.6) is 0 Å². The van der Waals surface area contributed by atoms with Crippen molar-refractivity contribution in [1.29, 1.82) is 0 Å². The van der Waals surface area contributed by atoms with E-state index >= 15 is 0 Å². The maximum absolute atomic E-state index is 13.1. The van der Waals surface area contributed by atoms with Gasteiger partial charge >= 0.3 is 6.09 Å². The van der Waals surface area contributed by atoms with Crippen molar-refractivity contribution in [2.24, 2.45) is 5.92 Å². The van der Waals surface area contributed by atoms with Gasteiger partial charge in [0.1, 0.15) is 18.4 Å². The summed E-state index contributed by atoms with van der Waals surface area (Å²) in [7, 11) is 0. The van der Waals surface area contributed by atoms with Crippen molar-refractivity contribution < 1.29 is 18.8 Å². The molecule has 0 aliphatic carbocycles. The Morgan fingerprint density at radius 1 is 1.13 bits per heavy atom. The van der Waals surface area contributed by atoms with E-state index in [2.05, 4.69) is 15.4 Å². The van der Waals surface area contributed by atoms with Crippen molar-refractivity contribution in [1.82, 2.24) is 20.3 Å². The SMILES string of the molecule is Cc1noc(C)c1CN1CCN(C(=O)[C@@H](NC(=O)OCc2ccccc2)C(C)C)CC1. The summed E-state index contributed by atoms with van der Waals surface area (Å²) in [4.78, 5) is 29.5. The number of carbonyl (C=O) groups is 2. The summed E-state index contributed by atoms with van der Waals surface area (Å²) in [6, 6.07) is 8.86. The lowest BCUT2D eigenvalue weighted by Gasteiger charge is -2.37. The molecule has 168 valence electrons. The molecule has 1 aliphatic rings. The van der Waals surface area contributed by atoms with Gasteiger partial charge in [-0.25, -0.2) is 4.79 Å². The van der Waals surface area contributed by atoms with Crippen LogP contribution >= 0.6 is 0 Å². The van der Waals surface area contributed by atoms with Crippen molar-refractivity contribution in [3.8, 4) is 0 Å². The largest absolute Gasteiger partial charge is 0.445 e. The molecule has 2 aromatic rings. The molecular weight excluding hydrogens is 396 g/mol. The van der Waals surface area contributed by atoms with Crippen LogP contribution in [0.3, 0.4) is 0 Å². The van der Waals surface area contributed by atoms with Crippen LogP contribution < -0.4 is 5.32 Å². The van der Waals surface area contributed by atoms with Gasteiger partial charge in [0.05, 0.1) is 5.69 Å². The van der Waals surface area contributed by atoms with Crippen LogP contribution in [0, 0.1) is 19.8 Å². The molecule has 1 fully saturated rings. The second-order valence-electron chi connectivity index (χ2n) is 8.33. The quantitative estimate of drug-likeness (QED) is 0.730. The van der Waals surface area contributed by atoms with Gasteiger partial charge in [0.25, 0.3) is 0 Å². The summed E-state index contributed by atoms with van der Waals surface area (Å²) in [6.45, 7) is 11.4. The molecule has 1 aromatic carbocycles. The minimum Gasteiger partial charge on any atom is -0.445 e. The maximum Gasteiger partial charge on any atom is 0.408 e. The van der Waals surface area contributed by atoms with Crippen LogP contribution in [0.15, 0.2) is 34.9 Å². The highest BCUT2D eigenvalue weighted by molar-refractivity contribution is 5.86. The molecule has 1 aromatic heterocycles. The molecule has 0 unspecified atom stereocenters. The zero-order chi connectivity index (χ0) is 22.4. The Labute approximate surface area is 183 Å². The Morgan fingerprint density at radius 3 is 2.39 bits per heavy atom. The van der Waals surface area contributed by atoms with Crippen LogP contribution in [0.2, 0.25) is 0 Å². The Hall–Kier alpha value is -2.87. The molecule has 2 heterocycles. The van der Waals surface area contributed by atoms with E-state index in [-0.39, 0.29) is 18.4 Å². The predicted molar refractivity (Wildman–Crippen MR) is 116 cm³/mol. The van der Waals surface area contributed by atoms with Crippen molar-refractivity contribution >= 4 is 12.0 Å². The van der Waals surface area contributed by atoms with E-state index in [1.807, 2.05) is 62.9 Å². The highest BCUT2D eigenvalue weighted by atomic mass is 16.5. The van der Waals surface area contributed by atoms with Gasteiger partial charge in [-0.15, -0.1) is 0 Å². The summed E-state index contributed by atoms with van der Waals surface area (Å²) in [6.07, 6.45) is -0.576. The summed E-state index contributed by atoms with van der Waals surface area (Å²) < 4.78 is 10.5. The first-order valence-corrected chi connectivity index (χ1v) is 10.7. The molecule has 1 saturated heterocycles. The highest BCUT2D eigenvalue weighted by Crippen LogP contribution is 2.17. The van der Waals surface area contributed by atoms with Crippen molar-refractivity contribution in [3.05, 3.63) is 52.9 Å². The van der Waals surface area contributed by atoms with Gasteiger partial charge in [0.15, 0.2) is 0 Å². The molecule has 31 heavy (non-hydrogen) atoms. The smallest absolute Gasteiger partial charge is 0.408 e. The standard InChI is InChI=1S/C23H32N4O4/c1-16(2)21(24-23(29)30-15-19-8-6-5-7-9-19)22(28)27-12-10-26(11-13-27)14-20-17(3)25-31-18(20)4/h5-9,16,21H,10-15H2,1-4H3,(H,24,29)/t21-/m0/s1. The first kappa shape index (κ1) is 22.8. The van der Waals surface area contributed by atoms with Gasteiger partial charge in [-0.05, 0) is 25.3 Å². The number of ether oxygens (including phenoxy) is 1. The van der Waals surface area contributed by atoms with Gasteiger partial charge in [0.2, 0.25) is 5.91 Å². The van der Waals surface area contributed by atoms with E-state index in [4.69, 9.17) is 9.26 Å². The number of piperazine rings is 1. The van der Waals surface area contributed by atoms with Crippen LogP contribution in [0.25, 0.3) is 0 Å². The number of nitrogens with zero attached hydrogens (tertiary/aromatic N) is 3. The second-order valence-corrected chi connectivity index (χ2v) is 8.33. The average molecular weight is 429 g/mol. The van der Waals surface area contributed by atoms with Crippen LogP contribution in [0.4, 0.5) is 4.79 Å². The molecule has 8 nitrogen and oxygen atoms in total. The van der Waals surface area contributed by atoms with Crippen LogP contribution in [-0.2, 0) is 22.7 Å². The fourth-order valence-corrected chi connectivity index (χ4v) is 3.68. The Balaban J connectivity index is 1.50. The topological polar surface area (TPSA) is 87.9 Å². The third-order valence-electron chi connectivity index (χ3n) is 5.67. The number of aryl methyl sites for hydroxylation is 2. The molecule has 1 aliphatic heterocycles. The third kappa shape index (κ3) is 6.07. The monoisotopic (exact) mass is 428 g/mol. The molecule has 8 heteroatoms. The number of hydrogen-bond acceptors (Lipinski definition) is 6. The molecule has 2 amide bonds. The first-order valence-electron chi connectivity index (χ1n) is 10.7. The van der Waals surface area contributed by atoms with E-state index < -0.39 is 12.1 Å². The van der Waals surface area contributed by atoms with Gasteiger partial charge in [-0.2, -0.15) is 0 Å². The summed E-state index contributed by atoms with van der Waals surface area (Å²) in [5, 5.41) is 6.77. The van der Waals surface area contributed by atoms with Crippen LogP contribution in [-0.4, -0.2) is 59.2 Å². The van der Waals surface area contributed by atoms with Gasteiger partial charge in [-0.3, -0.25) is 9.69 Å². The Bertz CT molecular complexity index is 853. The van der Waals surface area contributed by atoms with Gasteiger partial charge in [-0.1, -0.05) is 49.3 Å². The molecule has 0 bridgehead atoms. The zero-order valence-electron chi connectivity index (χ0n) is 18.8. The first-order chi connectivity index (χ1) is 14.8. The number of benzene rings is 1. The Morgan fingerprint density at radius 2 is 1.81 bits per heavy atom. The summed E-state index contributed by atoms with van der Waals surface area (Å²) in [5.74, 6) is 0.731. The lowest BCUT2D eigenvalue weighted by Crippen LogP contribution is -2.56. The van der Waals surface area contributed by atoms with Gasteiger partial charge < -0.3 is 19.5 Å². The molecular formula is C23H32N4O4. The second kappa shape index (κ2) is 10.4. The third-order valence-corrected chi connectivity index (χ3v) is 5.67. The van der Waals surface area contributed by atoms with Crippen molar-refractivity contribution in [2.75, 3.05) is 26.2 Å². The number of rotatable bonds is 7. The van der Waals surface area contributed by atoms with Crippen LogP contribution in [0.1, 0.15) is 36.4 Å². The minimum atomic E-state index is -0.614. The van der Waals surface area contributed by atoms with Crippen molar-refractivity contribution in [2.45, 2.75) is 46.9 Å². The molecule has 0 spiro atoms. The zero-order valence-corrected chi connectivity index (χ0v) is 18.8. The lowest BCUT2D eigenvalue weighted by atomic mass is 10.0. The molecule has 1 N–H and O–H groups in total. The molecule has 0 radical (unpaired) electrons. The highest BCUT2D eigenvalue weighted by Gasteiger charge is 2.31. The number of alkyl carbamates (subject to hydrolysis) is 1.